The Kier molecular flexibility index (Phi) is 6.31. The van der Waals surface area contributed by atoms with Crippen LogP contribution in [0.15, 0.2) is 18.2 Å². The van der Waals surface area contributed by atoms with E-state index < -0.39 is 0 Å². The lowest BCUT2D eigenvalue weighted by atomic mass is 10.2. The average Bonchev–Trinajstić information content (AvgIpc) is 2.26. The highest BCUT2D eigenvalue weighted by molar-refractivity contribution is 9.09. The van der Waals surface area contributed by atoms with Crippen LogP contribution < -0.4 is 5.32 Å². The highest BCUT2D eigenvalue weighted by Crippen LogP contribution is 2.24. The number of carbonyl (C=O) groups excluding carboxylic acids is 1. The van der Waals surface area contributed by atoms with Crippen LogP contribution in [0.4, 0.5) is 0 Å². The maximum Gasteiger partial charge on any atom is 0.254 e. The molecule has 0 aliphatic rings. The van der Waals surface area contributed by atoms with Crippen molar-refractivity contribution >= 4 is 45.0 Å². The number of carbonyl (C=O) groups is 1. The first kappa shape index (κ1) is 14.8. The Balaban J connectivity index is 2.64. The normalized spacial score (nSPS) is 12.2. The molecule has 94 valence electrons. The van der Waals surface area contributed by atoms with Gasteiger partial charge in [0.15, 0.2) is 0 Å². The minimum absolute atomic E-state index is 0.235. The minimum atomic E-state index is -0.235. The number of nitrogens with one attached hydrogen (secondary N) is 1. The van der Waals surface area contributed by atoms with Gasteiger partial charge in [0.05, 0.1) is 15.6 Å². The quantitative estimate of drug-likeness (QED) is 0.797. The molecule has 17 heavy (non-hydrogen) atoms. The van der Waals surface area contributed by atoms with E-state index in [1.165, 1.54) is 0 Å². The van der Waals surface area contributed by atoms with E-state index in [0.717, 1.165) is 12.8 Å². The Morgan fingerprint density at radius 1 is 1.41 bits per heavy atom. The van der Waals surface area contributed by atoms with Gasteiger partial charge in [-0.1, -0.05) is 58.5 Å². The maximum atomic E-state index is 11.9. The molecule has 0 saturated heterocycles. The summed E-state index contributed by atoms with van der Waals surface area (Å²) in [5, 5.41) is 3.55. The summed E-state index contributed by atoms with van der Waals surface area (Å²) in [4.78, 5) is 12.2. The second-order valence-electron chi connectivity index (χ2n) is 3.69. The molecule has 0 heterocycles. The van der Waals surface area contributed by atoms with E-state index in [-0.39, 0.29) is 10.7 Å². The number of benzene rings is 1. The lowest BCUT2D eigenvalue weighted by molar-refractivity contribution is 0.0954. The van der Waals surface area contributed by atoms with Gasteiger partial charge in [-0.05, 0) is 18.6 Å². The van der Waals surface area contributed by atoms with Crippen LogP contribution in [-0.4, -0.2) is 17.3 Å². The summed E-state index contributed by atoms with van der Waals surface area (Å²) in [6, 6.07) is 5.02. The van der Waals surface area contributed by atoms with E-state index in [1.54, 1.807) is 18.2 Å². The standard InChI is InChI=1S/C12H14BrCl2NO/c1-2-4-8(13)7-16-12(17)11-9(14)5-3-6-10(11)15/h3,5-6,8H,2,4,7H2,1H3,(H,16,17). The van der Waals surface area contributed by atoms with Gasteiger partial charge in [0.1, 0.15) is 0 Å². The Morgan fingerprint density at radius 3 is 2.53 bits per heavy atom. The fraction of sp³-hybridized carbons (Fsp3) is 0.417. The van der Waals surface area contributed by atoms with Gasteiger partial charge in [0, 0.05) is 11.4 Å². The first-order chi connectivity index (χ1) is 8.06. The van der Waals surface area contributed by atoms with Crippen LogP contribution in [0.3, 0.4) is 0 Å². The molecule has 1 amide bonds. The van der Waals surface area contributed by atoms with Gasteiger partial charge < -0.3 is 5.32 Å². The van der Waals surface area contributed by atoms with Crippen molar-refractivity contribution < 1.29 is 4.79 Å². The summed E-state index contributed by atoms with van der Waals surface area (Å²) < 4.78 is 0. The van der Waals surface area contributed by atoms with Gasteiger partial charge in [-0.25, -0.2) is 0 Å². The van der Waals surface area contributed by atoms with Crippen molar-refractivity contribution in [1.29, 1.82) is 0 Å². The zero-order valence-electron chi connectivity index (χ0n) is 9.47. The first-order valence-electron chi connectivity index (χ1n) is 5.42. The molecule has 0 aromatic heterocycles. The molecule has 1 aromatic rings. The predicted octanol–water partition coefficient (Wildman–Crippen LogP) is 4.29. The van der Waals surface area contributed by atoms with Gasteiger partial charge in [0.2, 0.25) is 0 Å². The molecule has 1 rings (SSSR count). The SMILES string of the molecule is CCCC(Br)CNC(=O)c1c(Cl)cccc1Cl. The molecule has 1 unspecified atom stereocenters. The summed E-state index contributed by atoms with van der Waals surface area (Å²) in [6.45, 7) is 2.66. The van der Waals surface area contributed by atoms with Crippen LogP contribution in [0.25, 0.3) is 0 Å². The van der Waals surface area contributed by atoms with Gasteiger partial charge in [0.25, 0.3) is 5.91 Å². The molecule has 5 heteroatoms. The average molecular weight is 339 g/mol. The third-order valence-electron chi connectivity index (χ3n) is 2.28. The summed E-state index contributed by atoms with van der Waals surface area (Å²) in [5.74, 6) is -0.235. The smallest absolute Gasteiger partial charge is 0.254 e. The summed E-state index contributed by atoms with van der Waals surface area (Å²) in [6.07, 6.45) is 2.08. The topological polar surface area (TPSA) is 29.1 Å². The van der Waals surface area contributed by atoms with E-state index in [2.05, 4.69) is 28.2 Å². The first-order valence-corrected chi connectivity index (χ1v) is 7.09. The summed E-state index contributed by atoms with van der Waals surface area (Å²) in [7, 11) is 0. The minimum Gasteiger partial charge on any atom is -0.351 e. The van der Waals surface area contributed by atoms with Crippen molar-refractivity contribution in [2.75, 3.05) is 6.54 Å². The molecule has 0 saturated carbocycles. The molecule has 1 aromatic carbocycles. The van der Waals surface area contributed by atoms with Gasteiger partial charge in [-0.3, -0.25) is 4.79 Å². The molecule has 1 N–H and O–H groups in total. The maximum absolute atomic E-state index is 11.9. The Morgan fingerprint density at radius 2 is 2.00 bits per heavy atom. The van der Waals surface area contributed by atoms with Crippen molar-refractivity contribution in [2.24, 2.45) is 0 Å². The van der Waals surface area contributed by atoms with E-state index in [9.17, 15) is 4.79 Å². The zero-order chi connectivity index (χ0) is 12.8. The molecule has 0 bridgehead atoms. The van der Waals surface area contributed by atoms with Crippen LogP contribution in [0, 0.1) is 0 Å². The van der Waals surface area contributed by atoms with Crippen molar-refractivity contribution in [3.05, 3.63) is 33.8 Å². The number of halogens is 3. The van der Waals surface area contributed by atoms with E-state index in [0.29, 0.717) is 22.2 Å². The summed E-state index contributed by atoms with van der Waals surface area (Å²) >= 11 is 15.4. The van der Waals surface area contributed by atoms with Crippen LogP contribution in [0.2, 0.25) is 10.0 Å². The number of hydrogen-bond acceptors (Lipinski definition) is 1. The molecule has 0 aliphatic carbocycles. The van der Waals surface area contributed by atoms with Crippen LogP contribution in [0.5, 0.6) is 0 Å². The molecule has 2 nitrogen and oxygen atoms in total. The van der Waals surface area contributed by atoms with Crippen LogP contribution in [0.1, 0.15) is 30.1 Å². The molecule has 0 fully saturated rings. The van der Waals surface area contributed by atoms with E-state index in [1.807, 2.05) is 0 Å². The fourth-order valence-electron chi connectivity index (χ4n) is 1.42. The molecule has 0 spiro atoms. The third kappa shape index (κ3) is 4.49. The Bertz CT molecular complexity index is 378. The monoisotopic (exact) mass is 337 g/mol. The molecule has 0 radical (unpaired) electrons. The highest BCUT2D eigenvalue weighted by atomic mass is 79.9. The van der Waals surface area contributed by atoms with Crippen molar-refractivity contribution in [2.45, 2.75) is 24.6 Å². The van der Waals surface area contributed by atoms with Gasteiger partial charge >= 0.3 is 0 Å². The molecular formula is C12H14BrCl2NO. The largest absolute Gasteiger partial charge is 0.351 e. The number of amides is 1. The van der Waals surface area contributed by atoms with Gasteiger partial charge in [-0.15, -0.1) is 0 Å². The van der Waals surface area contributed by atoms with E-state index in [4.69, 9.17) is 23.2 Å². The number of rotatable bonds is 5. The van der Waals surface area contributed by atoms with Crippen molar-refractivity contribution in [3.63, 3.8) is 0 Å². The van der Waals surface area contributed by atoms with Crippen molar-refractivity contribution in [3.8, 4) is 0 Å². The second kappa shape index (κ2) is 7.24. The number of hydrogen-bond donors (Lipinski definition) is 1. The Labute approximate surface area is 120 Å². The van der Waals surface area contributed by atoms with E-state index >= 15 is 0 Å². The molecule has 1 atom stereocenters. The number of alkyl halides is 1. The second-order valence-corrected chi connectivity index (χ2v) is 5.80. The van der Waals surface area contributed by atoms with Crippen LogP contribution in [-0.2, 0) is 0 Å². The zero-order valence-corrected chi connectivity index (χ0v) is 12.6. The summed E-state index contributed by atoms with van der Waals surface area (Å²) in [5.41, 5.74) is 0.340. The third-order valence-corrected chi connectivity index (χ3v) is 3.69. The fourth-order valence-corrected chi connectivity index (χ4v) is 2.61. The molecule has 0 aliphatic heterocycles. The lowest BCUT2D eigenvalue weighted by Gasteiger charge is -2.11. The predicted molar refractivity (Wildman–Crippen MR) is 76.4 cm³/mol. The van der Waals surface area contributed by atoms with Crippen LogP contribution >= 0.6 is 39.1 Å². The van der Waals surface area contributed by atoms with Crippen molar-refractivity contribution in [1.82, 2.24) is 5.32 Å². The van der Waals surface area contributed by atoms with Gasteiger partial charge in [-0.2, -0.15) is 0 Å². The highest BCUT2D eigenvalue weighted by Gasteiger charge is 2.15. The molecular weight excluding hydrogens is 325 g/mol. The lowest BCUT2D eigenvalue weighted by Crippen LogP contribution is -2.29. The Hall–Kier alpha value is -0.250.